The Hall–Kier alpha value is -1.39. The van der Waals surface area contributed by atoms with Gasteiger partial charge in [0.1, 0.15) is 5.54 Å². The molecule has 1 amide bonds. The molecule has 1 aromatic carbocycles. The Balaban J connectivity index is 2.19. The Morgan fingerprint density at radius 3 is 2.74 bits per heavy atom. The molecule has 0 unspecified atom stereocenters. The van der Waals surface area contributed by atoms with E-state index in [-0.39, 0.29) is 5.91 Å². The van der Waals surface area contributed by atoms with Crippen LogP contribution >= 0.6 is 0 Å². The van der Waals surface area contributed by atoms with Crippen molar-refractivity contribution in [3.63, 3.8) is 0 Å². The molecule has 4 heteroatoms. The number of ether oxygens (including phenoxy) is 1. The van der Waals surface area contributed by atoms with Crippen LogP contribution in [0.3, 0.4) is 0 Å². The van der Waals surface area contributed by atoms with Gasteiger partial charge in [0.15, 0.2) is 0 Å². The van der Waals surface area contributed by atoms with Crippen molar-refractivity contribution in [3.05, 3.63) is 29.3 Å². The van der Waals surface area contributed by atoms with Crippen LogP contribution in [0.1, 0.15) is 30.9 Å². The lowest BCUT2D eigenvalue weighted by molar-refractivity contribution is -0.124. The molecule has 0 radical (unpaired) electrons. The van der Waals surface area contributed by atoms with Crippen LogP contribution in [0.4, 0.5) is 5.69 Å². The van der Waals surface area contributed by atoms with E-state index in [2.05, 4.69) is 12.2 Å². The maximum Gasteiger partial charge on any atom is 0.244 e. The molecular formula is C15H22N2O2. The molecular weight excluding hydrogens is 240 g/mol. The number of nitrogens with two attached hydrogens (primary N) is 1. The van der Waals surface area contributed by atoms with E-state index in [4.69, 9.17) is 10.5 Å². The minimum absolute atomic E-state index is 0.0974. The van der Waals surface area contributed by atoms with Gasteiger partial charge < -0.3 is 15.8 Å². The van der Waals surface area contributed by atoms with Crippen LogP contribution in [0.15, 0.2) is 18.2 Å². The maximum atomic E-state index is 12.4. The highest BCUT2D eigenvalue weighted by Crippen LogP contribution is 2.25. The number of amides is 1. The molecule has 1 heterocycles. The Labute approximate surface area is 114 Å². The van der Waals surface area contributed by atoms with Gasteiger partial charge in [0.2, 0.25) is 5.91 Å². The number of aryl methyl sites for hydroxylation is 2. The second kappa shape index (κ2) is 5.72. The molecule has 104 valence electrons. The fraction of sp³-hybridized carbons (Fsp3) is 0.533. The smallest absolute Gasteiger partial charge is 0.244 e. The van der Waals surface area contributed by atoms with E-state index < -0.39 is 5.54 Å². The van der Waals surface area contributed by atoms with Crippen LogP contribution in [-0.2, 0) is 16.0 Å². The van der Waals surface area contributed by atoms with Gasteiger partial charge in [-0.2, -0.15) is 0 Å². The molecule has 3 N–H and O–H groups in total. The van der Waals surface area contributed by atoms with Gasteiger partial charge in [0.05, 0.1) is 0 Å². The van der Waals surface area contributed by atoms with Crippen molar-refractivity contribution in [1.29, 1.82) is 0 Å². The first kappa shape index (κ1) is 14.0. The van der Waals surface area contributed by atoms with E-state index >= 15 is 0 Å². The van der Waals surface area contributed by atoms with E-state index in [1.807, 2.05) is 25.1 Å². The molecule has 0 atom stereocenters. The highest BCUT2D eigenvalue weighted by molar-refractivity contribution is 5.99. The second-order valence-corrected chi connectivity index (χ2v) is 5.19. The summed E-state index contributed by atoms with van der Waals surface area (Å²) in [7, 11) is 0. The molecule has 0 saturated carbocycles. The fourth-order valence-electron chi connectivity index (χ4n) is 2.40. The zero-order chi connectivity index (χ0) is 13.9. The SMILES string of the molecule is CCc1cccc(C)c1NC(=O)C1(N)CCOCC1. The molecule has 0 spiro atoms. The van der Waals surface area contributed by atoms with E-state index in [1.54, 1.807) is 0 Å². The van der Waals surface area contributed by atoms with Crippen LogP contribution in [0.5, 0.6) is 0 Å². The van der Waals surface area contributed by atoms with Crippen molar-refractivity contribution in [3.8, 4) is 0 Å². The predicted molar refractivity (Wildman–Crippen MR) is 76.2 cm³/mol. The molecule has 2 rings (SSSR count). The normalized spacial score (nSPS) is 18.1. The predicted octanol–water partition coefficient (Wildman–Crippen LogP) is 2.00. The molecule has 1 aromatic rings. The summed E-state index contributed by atoms with van der Waals surface area (Å²) in [6.45, 7) is 5.19. The summed E-state index contributed by atoms with van der Waals surface area (Å²) in [4.78, 5) is 12.4. The summed E-state index contributed by atoms with van der Waals surface area (Å²) in [5.41, 5.74) is 8.52. The first-order valence-electron chi connectivity index (χ1n) is 6.83. The quantitative estimate of drug-likeness (QED) is 0.875. The molecule has 1 aliphatic heterocycles. The Morgan fingerprint density at radius 1 is 1.42 bits per heavy atom. The van der Waals surface area contributed by atoms with Crippen LogP contribution < -0.4 is 11.1 Å². The van der Waals surface area contributed by atoms with E-state index in [1.165, 1.54) is 0 Å². The average molecular weight is 262 g/mol. The fourth-order valence-corrected chi connectivity index (χ4v) is 2.40. The lowest BCUT2D eigenvalue weighted by atomic mass is 9.90. The third kappa shape index (κ3) is 2.96. The first-order chi connectivity index (χ1) is 9.07. The summed E-state index contributed by atoms with van der Waals surface area (Å²) >= 11 is 0. The topological polar surface area (TPSA) is 64.4 Å². The molecule has 0 aliphatic carbocycles. The van der Waals surface area contributed by atoms with Crippen molar-refractivity contribution in [1.82, 2.24) is 0 Å². The Morgan fingerprint density at radius 2 is 2.11 bits per heavy atom. The summed E-state index contributed by atoms with van der Waals surface area (Å²) in [6, 6.07) is 6.05. The van der Waals surface area contributed by atoms with Gasteiger partial charge in [-0.05, 0) is 37.3 Å². The maximum absolute atomic E-state index is 12.4. The second-order valence-electron chi connectivity index (χ2n) is 5.19. The summed E-state index contributed by atoms with van der Waals surface area (Å²) in [5, 5.41) is 3.02. The van der Waals surface area contributed by atoms with Gasteiger partial charge in [-0.3, -0.25) is 4.79 Å². The number of carbonyl (C=O) groups is 1. The van der Waals surface area contributed by atoms with Gasteiger partial charge in [-0.1, -0.05) is 25.1 Å². The molecule has 4 nitrogen and oxygen atoms in total. The van der Waals surface area contributed by atoms with Gasteiger partial charge in [0.25, 0.3) is 0 Å². The van der Waals surface area contributed by atoms with Crippen molar-refractivity contribution in [2.24, 2.45) is 5.73 Å². The number of nitrogens with one attached hydrogen (secondary N) is 1. The molecule has 1 saturated heterocycles. The van der Waals surface area contributed by atoms with Gasteiger partial charge in [-0.25, -0.2) is 0 Å². The number of hydrogen-bond acceptors (Lipinski definition) is 3. The number of carbonyl (C=O) groups excluding carboxylic acids is 1. The highest BCUT2D eigenvalue weighted by atomic mass is 16.5. The number of hydrogen-bond donors (Lipinski definition) is 2. The molecule has 1 fully saturated rings. The first-order valence-corrected chi connectivity index (χ1v) is 6.83. The van der Waals surface area contributed by atoms with Crippen LogP contribution in [0.25, 0.3) is 0 Å². The molecule has 0 aromatic heterocycles. The lowest BCUT2D eigenvalue weighted by Crippen LogP contribution is -2.54. The monoisotopic (exact) mass is 262 g/mol. The average Bonchev–Trinajstić information content (AvgIpc) is 2.41. The largest absolute Gasteiger partial charge is 0.381 e. The van der Waals surface area contributed by atoms with Crippen molar-refractivity contribution < 1.29 is 9.53 Å². The summed E-state index contributed by atoms with van der Waals surface area (Å²) in [6.07, 6.45) is 2.04. The highest BCUT2D eigenvalue weighted by Gasteiger charge is 2.36. The third-order valence-electron chi connectivity index (χ3n) is 3.82. The van der Waals surface area contributed by atoms with Crippen molar-refractivity contribution in [2.45, 2.75) is 38.6 Å². The van der Waals surface area contributed by atoms with Gasteiger partial charge >= 0.3 is 0 Å². The summed E-state index contributed by atoms with van der Waals surface area (Å²) < 4.78 is 5.27. The lowest BCUT2D eigenvalue weighted by Gasteiger charge is -2.32. The van der Waals surface area contributed by atoms with Gasteiger partial charge in [-0.15, -0.1) is 0 Å². The molecule has 19 heavy (non-hydrogen) atoms. The Bertz CT molecular complexity index is 465. The van der Waals surface area contributed by atoms with E-state index in [0.29, 0.717) is 26.1 Å². The minimum atomic E-state index is -0.800. The Kier molecular flexibility index (Phi) is 4.22. The van der Waals surface area contributed by atoms with Crippen LogP contribution in [0, 0.1) is 6.92 Å². The number of para-hydroxylation sites is 1. The van der Waals surface area contributed by atoms with Crippen LogP contribution in [0.2, 0.25) is 0 Å². The minimum Gasteiger partial charge on any atom is -0.381 e. The zero-order valence-corrected chi connectivity index (χ0v) is 11.7. The number of benzene rings is 1. The van der Waals surface area contributed by atoms with E-state index in [0.717, 1.165) is 23.2 Å². The number of anilines is 1. The van der Waals surface area contributed by atoms with Crippen LogP contribution in [-0.4, -0.2) is 24.7 Å². The standard InChI is InChI=1S/C15H22N2O2/c1-3-12-6-4-5-11(2)13(12)17-14(18)15(16)7-9-19-10-8-15/h4-6H,3,7-10,16H2,1-2H3,(H,17,18). The van der Waals surface area contributed by atoms with E-state index in [9.17, 15) is 4.79 Å². The van der Waals surface area contributed by atoms with Crippen molar-refractivity contribution in [2.75, 3.05) is 18.5 Å². The number of rotatable bonds is 3. The summed E-state index contributed by atoms with van der Waals surface area (Å²) in [5.74, 6) is -0.0974. The molecule has 1 aliphatic rings. The zero-order valence-electron chi connectivity index (χ0n) is 11.7. The molecule has 0 bridgehead atoms. The third-order valence-corrected chi connectivity index (χ3v) is 3.82. The van der Waals surface area contributed by atoms with Crippen molar-refractivity contribution >= 4 is 11.6 Å². The van der Waals surface area contributed by atoms with Gasteiger partial charge in [0, 0.05) is 18.9 Å².